The monoisotopic (exact) mass is 357 g/mol. The van der Waals surface area contributed by atoms with Gasteiger partial charge in [0.1, 0.15) is 5.75 Å². The number of rotatable bonds is 5. The van der Waals surface area contributed by atoms with Gasteiger partial charge >= 0.3 is 0 Å². The molecule has 0 spiro atoms. The van der Waals surface area contributed by atoms with E-state index in [-0.39, 0.29) is 5.91 Å². The molecule has 2 aromatic carbocycles. The summed E-state index contributed by atoms with van der Waals surface area (Å²) in [6, 6.07) is 15.2. The number of aromatic hydroxyl groups is 1. The van der Waals surface area contributed by atoms with Crippen molar-refractivity contribution in [3.05, 3.63) is 48.5 Å². The van der Waals surface area contributed by atoms with Crippen LogP contribution in [0.2, 0.25) is 0 Å². The highest BCUT2D eigenvalue weighted by Crippen LogP contribution is 2.27. The van der Waals surface area contributed by atoms with E-state index in [0.717, 1.165) is 42.4 Å². The van der Waals surface area contributed by atoms with Gasteiger partial charge in [-0.15, -0.1) is 11.8 Å². The Morgan fingerprint density at radius 2 is 1.76 bits per heavy atom. The van der Waals surface area contributed by atoms with Gasteiger partial charge in [0.2, 0.25) is 5.91 Å². The van der Waals surface area contributed by atoms with Crippen LogP contribution >= 0.6 is 11.8 Å². The van der Waals surface area contributed by atoms with Crippen molar-refractivity contribution in [2.45, 2.75) is 4.90 Å². The van der Waals surface area contributed by atoms with E-state index >= 15 is 0 Å². The van der Waals surface area contributed by atoms with E-state index in [1.54, 1.807) is 17.8 Å². The number of phenolic OH excluding ortho intramolecular Hbond substituents is 1. The quantitative estimate of drug-likeness (QED) is 0.806. The number of anilines is 2. The molecule has 0 atom stereocenters. The average Bonchev–Trinajstić information content (AvgIpc) is 2.63. The highest BCUT2D eigenvalue weighted by molar-refractivity contribution is 7.98. The topological polar surface area (TPSA) is 55.8 Å². The lowest BCUT2D eigenvalue weighted by Gasteiger charge is -2.35. The molecule has 5 nitrogen and oxygen atoms in total. The van der Waals surface area contributed by atoms with Crippen molar-refractivity contribution in [2.24, 2.45) is 0 Å². The van der Waals surface area contributed by atoms with E-state index < -0.39 is 0 Å². The smallest absolute Gasteiger partial charge is 0.238 e. The summed E-state index contributed by atoms with van der Waals surface area (Å²) in [5, 5.41) is 13.0. The van der Waals surface area contributed by atoms with Crippen molar-refractivity contribution >= 4 is 29.0 Å². The molecule has 132 valence electrons. The van der Waals surface area contributed by atoms with Crippen LogP contribution in [-0.2, 0) is 4.79 Å². The van der Waals surface area contributed by atoms with Gasteiger partial charge in [0, 0.05) is 31.1 Å². The first-order valence-electron chi connectivity index (χ1n) is 8.35. The average molecular weight is 357 g/mol. The van der Waals surface area contributed by atoms with Crippen LogP contribution in [0.4, 0.5) is 11.4 Å². The molecule has 1 fully saturated rings. The number of amides is 1. The third kappa shape index (κ3) is 4.46. The molecule has 2 N–H and O–H groups in total. The Morgan fingerprint density at radius 3 is 2.48 bits per heavy atom. The van der Waals surface area contributed by atoms with Crippen LogP contribution in [0.25, 0.3) is 0 Å². The minimum atomic E-state index is 0.0116. The first kappa shape index (κ1) is 17.6. The number of thioether (sulfide) groups is 1. The van der Waals surface area contributed by atoms with Gasteiger partial charge in [-0.2, -0.15) is 0 Å². The van der Waals surface area contributed by atoms with Crippen molar-refractivity contribution < 1.29 is 9.90 Å². The van der Waals surface area contributed by atoms with E-state index in [0.29, 0.717) is 12.3 Å². The molecular weight excluding hydrogens is 334 g/mol. The van der Waals surface area contributed by atoms with Gasteiger partial charge in [-0.1, -0.05) is 24.3 Å². The molecular formula is C19H23N3O2S. The second kappa shape index (κ2) is 8.27. The summed E-state index contributed by atoms with van der Waals surface area (Å²) in [5.41, 5.74) is 1.73. The minimum Gasteiger partial charge on any atom is -0.506 e. The van der Waals surface area contributed by atoms with Crippen LogP contribution in [0.3, 0.4) is 0 Å². The third-order valence-corrected chi connectivity index (χ3v) is 5.14. The highest BCUT2D eigenvalue weighted by atomic mass is 32.2. The second-order valence-electron chi connectivity index (χ2n) is 6.00. The molecule has 3 rings (SSSR count). The second-order valence-corrected chi connectivity index (χ2v) is 6.85. The maximum atomic E-state index is 12.3. The molecule has 25 heavy (non-hydrogen) atoms. The molecule has 0 unspecified atom stereocenters. The lowest BCUT2D eigenvalue weighted by atomic mass is 10.2. The molecule has 0 radical (unpaired) electrons. The molecule has 1 aliphatic heterocycles. The fourth-order valence-electron chi connectivity index (χ4n) is 3.02. The first-order chi connectivity index (χ1) is 12.2. The van der Waals surface area contributed by atoms with E-state index in [1.807, 2.05) is 48.7 Å². The Balaban J connectivity index is 1.52. The van der Waals surface area contributed by atoms with Crippen molar-refractivity contribution in [1.82, 2.24) is 4.90 Å². The number of hydrogen-bond acceptors (Lipinski definition) is 5. The van der Waals surface area contributed by atoms with Gasteiger partial charge in [0.25, 0.3) is 0 Å². The zero-order valence-corrected chi connectivity index (χ0v) is 15.1. The van der Waals surface area contributed by atoms with E-state index in [2.05, 4.69) is 15.1 Å². The number of nitrogens with zero attached hydrogens (tertiary/aromatic N) is 2. The van der Waals surface area contributed by atoms with Crippen molar-refractivity contribution in [1.29, 1.82) is 0 Å². The standard InChI is InChI=1S/C19H23N3O2S/c1-25-18-9-5-2-6-15(18)20-19(24)14-21-10-12-22(13-11-21)16-7-3-4-8-17(16)23/h2-9,23H,10-14H2,1H3,(H,20,24). The van der Waals surface area contributed by atoms with Crippen LogP contribution in [0.15, 0.2) is 53.4 Å². The summed E-state index contributed by atoms with van der Waals surface area (Å²) in [7, 11) is 0. The Labute approximate surface area is 152 Å². The number of piperazine rings is 1. The van der Waals surface area contributed by atoms with Gasteiger partial charge in [-0.05, 0) is 30.5 Å². The lowest BCUT2D eigenvalue weighted by Crippen LogP contribution is -2.48. The molecule has 1 saturated heterocycles. The molecule has 0 aromatic heterocycles. The van der Waals surface area contributed by atoms with Gasteiger partial charge in [0.15, 0.2) is 0 Å². The molecule has 1 amide bonds. The largest absolute Gasteiger partial charge is 0.506 e. The van der Waals surface area contributed by atoms with E-state index in [9.17, 15) is 9.90 Å². The summed E-state index contributed by atoms with van der Waals surface area (Å²) in [5.74, 6) is 0.319. The van der Waals surface area contributed by atoms with Gasteiger partial charge in [-0.3, -0.25) is 9.69 Å². The molecule has 1 aliphatic rings. The van der Waals surface area contributed by atoms with Crippen LogP contribution in [0.1, 0.15) is 0 Å². The van der Waals surface area contributed by atoms with Crippen molar-refractivity contribution in [3.8, 4) is 5.75 Å². The van der Waals surface area contributed by atoms with Crippen LogP contribution in [0, 0.1) is 0 Å². The Bertz CT molecular complexity index is 730. The summed E-state index contributed by atoms with van der Waals surface area (Å²) in [4.78, 5) is 17.7. The molecule has 1 heterocycles. The summed E-state index contributed by atoms with van der Waals surface area (Å²) < 4.78 is 0. The number of para-hydroxylation sites is 3. The Morgan fingerprint density at radius 1 is 1.08 bits per heavy atom. The SMILES string of the molecule is CSc1ccccc1NC(=O)CN1CCN(c2ccccc2O)CC1. The molecule has 0 bridgehead atoms. The molecule has 6 heteroatoms. The lowest BCUT2D eigenvalue weighted by molar-refractivity contribution is -0.117. The Kier molecular flexibility index (Phi) is 5.83. The van der Waals surface area contributed by atoms with Crippen LogP contribution in [0.5, 0.6) is 5.75 Å². The highest BCUT2D eigenvalue weighted by Gasteiger charge is 2.20. The molecule has 0 saturated carbocycles. The van der Waals surface area contributed by atoms with Gasteiger partial charge in [-0.25, -0.2) is 0 Å². The minimum absolute atomic E-state index is 0.0116. The number of carbonyl (C=O) groups is 1. The van der Waals surface area contributed by atoms with Gasteiger partial charge in [0.05, 0.1) is 17.9 Å². The third-order valence-electron chi connectivity index (χ3n) is 4.34. The van der Waals surface area contributed by atoms with Crippen LogP contribution < -0.4 is 10.2 Å². The Hall–Kier alpha value is -2.18. The van der Waals surface area contributed by atoms with Crippen LogP contribution in [-0.4, -0.2) is 54.9 Å². The number of benzene rings is 2. The maximum Gasteiger partial charge on any atom is 0.238 e. The van der Waals surface area contributed by atoms with Crippen molar-refractivity contribution in [3.63, 3.8) is 0 Å². The summed E-state index contributed by atoms with van der Waals surface area (Å²) in [6.07, 6.45) is 2.00. The first-order valence-corrected chi connectivity index (χ1v) is 9.58. The number of nitrogens with one attached hydrogen (secondary N) is 1. The van der Waals surface area contributed by atoms with E-state index in [4.69, 9.17) is 0 Å². The molecule has 0 aliphatic carbocycles. The fraction of sp³-hybridized carbons (Fsp3) is 0.316. The maximum absolute atomic E-state index is 12.3. The van der Waals surface area contributed by atoms with E-state index in [1.165, 1.54) is 0 Å². The normalized spacial score (nSPS) is 15.2. The predicted octanol–water partition coefficient (Wildman–Crippen LogP) is 2.87. The molecule has 2 aromatic rings. The summed E-state index contributed by atoms with van der Waals surface area (Å²) >= 11 is 1.62. The fourth-order valence-corrected chi connectivity index (χ4v) is 3.57. The zero-order chi connectivity index (χ0) is 17.6. The van der Waals surface area contributed by atoms with Crippen molar-refractivity contribution in [2.75, 3.05) is 49.2 Å². The number of phenols is 1. The zero-order valence-electron chi connectivity index (χ0n) is 14.3. The number of hydrogen-bond donors (Lipinski definition) is 2. The predicted molar refractivity (Wildman–Crippen MR) is 104 cm³/mol. The summed E-state index contributed by atoms with van der Waals surface area (Å²) in [6.45, 7) is 3.58. The van der Waals surface area contributed by atoms with Gasteiger partial charge < -0.3 is 15.3 Å². The number of carbonyl (C=O) groups excluding carboxylic acids is 1.